The van der Waals surface area contributed by atoms with Crippen molar-refractivity contribution in [2.75, 3.05) is 11.9 Å². The van der Waals surface area contributed by atoms with Crippen LogP contribution in [0.15, 0.2) is 53.5 Å². The summed E-state index contributed by atoms with van der Waals surface area (Å²) in [6.45, 7) is 7.32. The van der Waals surface area contributed by atoms with E-state index in [1.54, 1.807) is 44.3 Å². The number of hydrogen-bond acceptors (Lipinski definition) is 5. The lowest BCUT2D eigenvalue weighted by atomic mass is 10.1. The Labute approximate surface area is 180 Å². The van der Waals surface area contributed by atoms with Crippen LogP contribution in [0.1, 0.15) is 25.0 Å². The Bertz CT molecular complexity index is 1180. The summed E-state index contributed by atoms with van der Waals surface area (Å²) in [6.07, 6.45) is 0.742. The quantitative estimate of drug-likeness (QED) is 0.588. The van der Waals surface area contributed by atoms with E-state index in [1.807, 2.05) is 32.0 Å². The summed E-state index contributed by atoms with van der Waals surface area (Å²) in [6, 6.07) is 12.5. The fourth-order valence-electron chi connectivity index (χ4n) is 3.23. The molecule has 0 aliphatic carbocycles. The number of aromatic nitrogens is 1. The van der Waals surface area contributed by atoms with Gasteiger partial charge in [-0.05, 0) is 63.1 Å². The third-order valence-electron chi connectivity index (χ3n) is 4.88. The van der Waals surface area contributed by atoms with E-state index >= 15 is 0 Å². The van der Waals surface area contributed by atoms with Crippen LogP contribution >= 0.6 is 0 Å². The minimum atomic E-state index is -0.809. The fourth-order valence-corrected chi connectivity index (χ4v) is 3.23. The topological polar surface area (TPSA) is 86.6 Å². The Kier molecular flexibility index (Phi) is 6.74. The number of nitrogens with zero attached hydrogens (tertiary/aromatic N) is 1. The maximum atomic E-state index is 12.9. The molecule has 0 saturated carbocycles. The molecule has 0 aliphatic rings. The van der Waals surface area contributed by atoms with Gasteiger partial charge in [-0.25, -0.2) is 4.79 Å². The molecule has 1 heterocycles. The van der Waals surface area contributed by atoms with E-state index in [0.717, 1.165) is 16.8 Å². The van der Waals surface area contributed by atoms with E-state index in [4.69, 9.17) is 9.47 Å². The summed E-state index contributed by atoms with van der Waals surface area (Å²) >= 11 is 0. The second kappa shape index (κ2) is 9.47. The highest BCUT2D eigenvalue weighted by Gasteiger charge is 2.18. The zero-order valence-corrected chi connectivity index (χ0v) is 18.1. The molecule has 0 fully saturated rings. The van der Waals surface area contributed by atoms with Crippen LogP contribution in [0.5, 0.6) is 5.75 Å². The predicted octanol–water partition coefficient (Wildman–Crippen LogP) is 3.59. The van der Waals surface area contributed by atoms with Crippen LogP contribution in [0.4, 0.5) is 5.69 Å². The van der Waals surface area contributed by atoms with E-state index in [2.05, 4.69) is 5.32 Å². The first-order valence-corrected chi connectivity index (χ1v) is 10.1. The van der Waals surface area contributed by atoms with Crippen LogP contribution in [0.2, 0.25) is 0 Å². The molecule has 0 bridgehead atoms. The smallest absolute Gasteiger partial charge is 0.347 e. The van der Waals surface area contributed by atoms with Gasteiger partial charge >= 0.3 is 5.97 Å². The largest absolute Gasteiger partial charge is 0.478 e. The number of benzene rings is 2. The number of rotatable bonds is 7. The van der Waals surface area contributed by atoms with Crippen LogP contribution in [0.3, 0.4) is 0 Å². The number of carbonyl (C=O) groups excluding carboxylic acids is 2. The molecule has 3 rings (SSSR count). The van der Waals surface area contributed by atoms with Crippen LogP contribution in [-0.2, 0) is 20.9 Å². The van der Waals surface area contributed by atoms with Crippen LogP contribution < -0.4 is 15.6 Å². The average molecular weight is 422 g/mol. The van der Waals surface area contributed by atoms with Crippen molar-refractivity contribution in [3.8, 4) is 5.75 Å². The first-order valence-electron chi connectivity index (χ1n) is 10.1. The number of pyridine rings is 1. The van der Waals surface area contributed by atoms with Crippen LogP contribution in [-0.4, -0.2) is 29.2 Å². The first-order chi connectivity index (χ1) is 14.8. The summed E-state index contributed by atoms with van der Waals surface area (Å²) < 4.78 is 12.0. The summed E-state index contributed by atoms with van der Waals surface area (Å²) in [4.78, 5) is 37.3. The highest BCUT2D eigenvalue weighted by molar-refractivity contribution is 5.92. The number of ether oxygens (including phenoxy) is 2. The molecule has 1 amide bonds. The molecule has 0 spiro atoms. The minimum absolute atomic E-state index is 0.119. The summed E-state index contributed by atoms with van der Waals surface area (Å²) in [5, 5.41) is 3.83. The molecule has 1 N–H and O–H groups in total. The number of aryl methyl sites for hydroxylation is 2. The standard InChI is InChI=1S/C24H26N2O5/c1-5-30-24(29)17(4)31-21-8-6-7-19-18(21)11-12-26(23(19)28)14-22(27)25-20-13-15(2)9-10-16(20)3/h6-13,17H,5,14H2,1-4H3,(H,25,27)/t17-/m0/s1. The molecule has 31 heavy (non-hydrogen) atoms. The summed E-state index contributed by atoms with van der Waals surface area (Å²) in [5.41, 5.74) is 2.39. The number of fused-ring (bicyclic) bond motifs is 1. The number of nitrogens with one attached hydrogen (secondary N) is 1. The number of carbonyl (C=O) groups is 2. The second-order valence-electron chi connectivity index (χ2n) is 7.34. The molecule has 1 atom stereocenters. The Morgan fingerprint density at radius 2 is 1.87 bits per heavy atom. The van der Waals surface area contributed by atoms with E-state index in [0.29, 0.717) is 16.5 Å². The van der Waals surface area contributed by atoms with E-state index in [1.165, 1.54) is 4.57 Å². The number of amides is 1. The van der Waals surface area contributed by atoms with Gasteiger partial charge in [-0.2, -0.15) is 0 Å². The molecule has 0 radical (unpaired) electrons. The third-order valence-corrected chi connectivity index (χ3v) is 4.88. The first kappa shape index (κ1) is 22.1. The maximum absolute atomic E-state index is 12.9. The Morgan fingerprint density at radius 3 is 2.61 bits per heavy atom. The average Bonchev–Trinajstić information content (AvgIpc) is 2.73. The minimum Gasteiger partial charge on any atom is -0.478 e. The normalized spacial score (nSPS) is 11.7. The van der Waals surface area contributed by atoms with Crippen molar-refractivity contribution in [3.05, 3.63) is 70.1 Å². The van der Waals surface area contributed by atoms with Crippen LogP contribution in [0, 0.1) is 13.8 Å². The van der Waals surface area contributed by atoms with Gasteiger partial charge in [-0.3, -0.25) is 9.59 Å². The van der Waals surface area contributed by atoms with E-state index in [9.17, 15) is 14.4 Å². The lowest BCUT2D eigenvalue weighted by Gasteiger charge is -2.15. The van der Waals surface area contributed by atoms with Gasteiger partial charge in [0.25, 0.3) is 5.56 Å². The molecular formula is C24H26N2O5. The monoisotopic (exact) mass is 422 g/mol. The second-order valence-corrected chi connectivity index (χ2v) is 7.34. The van der Waals surface area contributed by atoms with Crippen molar-refractivity contribution in [1.29, 1.82) is 0 Å². The number of esters is 1. The van der Waals surface area contributed by atoms with Crippen molar-refractivity contribution in [1.82, 2.24) is 4.57 Å². The predicted molar refractivity (Wildman–Crippen MR) is 119 cm³/mol. The Hall–Kier alpha value is -3.61. The van der Waals surface area contributed by atoms with Gasteiger partial charge in [-0.1, -0.05) is 18.2 Å². The molecule has 7 heteroatoms. The van der Waals surface area contributed by atoms with E-state index < -0.39 is 12.1 Å². The van der Waals surface area contributed by atoms with Gasteiger partial charge in [0, 0.05) is 17.3 Å². The zero-order chi connectivity index (χ0) is 22.5. The van der Waals surface area contributed by atoms with Gasteiger partial charge in [-0.15, -0.1) is 0 Å². The van der Waals surface area contributed by atoms with Crippen molar-refractivity contribution in [2.45, 2.75) is 40.3 Å². The molecule has 1 aromatic heterocycles. The SMILES string of the molecule is CCOC(=O)[C@H](C)Oc1cccc2c(=O)n(CC(=O)Nc3cc(C)ccc3C)ccc12. The van der Waals surface area contributed by atoms with E-state index in [-0.39, 0.29) is 24.6 Å². The summed E-state index contributed by atoms with van der Waals surface area (Å²) in [5.74, 6) is -0.364. The molecule has 162 valence electrons. The summed E-state index contributed by atoms with van der Waals surface area (Å²) in [7, 11) is 0. The van der Waals surface area contributed by atoms with Gasteiger partial charge < -0.3 is 19.4 Å². The highest BCUT2D eigenvalue weighted by Crippen LogP contribution is 2.24. The Morgan fingerprint density at radius 1 is 1.10 bits per heavy atom. The van der Waals surface area contributed by atoms with Crippen molar-refractivity contribution in [2.24, 2.45) is 0 Å². The van der Waals surface area contributed by atoms with Crippen LogP contribution in [0.25, 0.3) is 10.8 Å². The van der Waals surface area contributed by atoms with Gasteiger partial charge in [0.1, 0.15) is 12.3 Å². The van der Waals surface area contributed by atoms with Gasteiger partial charge in [0.2, 0.25) is 5.91 Å². The highest BCUT2D eigenvalue weighted by atomic mass is 16.6. The number of hydrogen-bond donors (Lipinski definition) is 1. The molecule has 0 saturated heterocycles. The lowest BCUT2D eigenvalue weighted by Crippen LogP contribution is -2.28. The van der Waals surface area contributed by atoms with Gasteiger partial charge in [0.15, 0.2) is 6.10 Å². The molecule has 3 aromatic rings. The van der Waals surface area contributed by atoms with Gasteiger partial charge in [0.05, 0.1) is 12.0 Å². The van der Waals surface area contributed by atoms with Crippen molar-refractivity contribution < 1.29 is 19.1 Å². The third kappa shape index (κ3) is 5.12. The molecule has 7 nitrogen and oxygen atoms in total. The molecule has 0 unspecified atom stereocenters. The maximum Gasteiger partial charge on any atom is 0.347 e. The fraction of sp³-hybridized carbons (Fsp3) is 0.292. The Balaban J connectivity index is 1.83. The molecule has 0 aliphatic heterocycles. The number of anilines is 1. The van der Waals surface area contributed by atoms with Crippen molar-refractivity contribution >= 4 is 28.3 Å². The van der Waals surface area contributed by atoms with Crippen molar-refractivity contribution in [3.63, 3.8) is 0 Å². The molecule has 2 aromatic carbocycles. The zero-order valence-electron chi connectivity index (χ0n) is 18.1. The molecular weight excluding hydrogens is 396 g/mol. The lowest BCUT2D eigenvalue weighted by molar-refractivity contribution is -0.150.